The van der Waals surface area contributed by atoms with Crippen molar-refractivity contribution in [1.82, 2.24) is 9.97 Å². The van der Waals surface area contributed by atoms with E-state index in [1.807, 2.05) is 0 Å². The predicted octanol–water partition coefficient (Wildman–Crippen LogP) is 1.41. The summed E-state index contributed by atoms with van der Waals surface area (Å²) in [5.74, 6) is 1.70. The highest BCUT2D eigenvalue weighted by atomic mass is 16.5. The lowest BCUT2D eigenvalue weighted by Crippen LogP contribution is -2.16. The van der Waals surface area contributed by atoms with Crippen LogP contribution in [0, 0.1) is 5.92 Å². The summed E-state index contributed by atoms with van der Waals surface area (Å²) in [6.45, 7) is 2.78. The van der Waals surface area contributed by atoms with Gasteiger partial charge in [-0.1, -0.05) is 0 Å². The maximum Gasteiger partial charge on any atom is 0.132 e. The number of ether oxygens (including phenoxy) is 1. The van der Waals surface area contributed by atoms with E-state index in [2.05, 4.69) is 15.3 Å². The van der Waals surface area contributed by atoms with Crippen molar-refractivity contribution in [3.8, 4) is 0 Å². The average Bonchev–Trinajstić information content (AvgIpc) is 2.97. The Balaban J connectivity index is 1.67. The Bertz CT molecular complexity index is 375. The van der Waals surface area contributed by atoms with Crippen molar-refractivity contribution in [3.63, 3.8) is 0 Å². The van der Waals surface area contributed by atoms with Crippen LogP contribution in [0.3, 0.4) is 0 Å². The Hall–Kier alpha value is -1.16. The molecular weight excluding hydrogens is 202 g/mol. The number of nitrogens with one attached hydrogen (secondary N) is 1. The summed E-state index contributed by atoms with van der Waals surface area (Å²) in [5, 5.41) is 3.46. The number of hydrogen-bond acceptors (Lipinski definition) is 4. The first-order chi connectivity index (χ1) is 7.93. The largest absolute Gasteiger partial charge is 0.381 e. The summed E-state index contributed by atoms with van der Waals surface area (Å²) in [6, 6.07) is 0. The summed E-state index contributed by atoms with van der Waals surface area (Å²) in [4.78, 5) is 8.67. The number of nitrogens with zero attached hydrogens (tertiary/aromatic N) is 2. The summed E-state index contributed by atoms with van der Waals surface area (Å²) >= 11 is 0. The van der Waals surface area contributed by atoms with Gasteiger partial charge in [0.15, 0.2) is 0 Å². The lowest BCUT2D eigenvalue weighted by Gasteiger charge is -2.12. The Morgan fingerprint density at radius 2 is 2.38 bits per heavy atom. The molecule has 1 N–H and O–H groups in total. The van der Waals surface area contributed by atoms with Crippen LogP contribution in [0.5, 0.6) is 0 Å². The molecule has 4 nitrogen and oxygen atoms in total. The molecule has 4 heteroatoms. The number of hydrogen-bond donors (Lipinski definition) is 1. The van der Waals surface area contributed by atoms with Crippen molar-refractivity contribution in [2.45, 2.75) is 25.7 Å². The van der Waals surface area contributed by atoms with Gasteiger partial charge in [0.25, 0.3) is 0 Å². The summed E-state index contributed by atoms with van der Waals surface area (Å²) in [7, 11) is 0. The summed E-state index contributed by atoms with van der Waals surface area (Å²) in [6.07, 6.45) is 6.30. The van der Waals surface area contributed by atoms with Crippen LogP contribution in [0.4, 0.5) is 5.82 Å². The Labute approximate surface area is 95.4 Å². The molecular formula is C12H17N3O. The van der Waals surface area contributed by atoms with Crippen molar-refractivity contribution in [1.29, 1.82) is 0 Å². The first-order valence-corrected chi connectivity index (χ1v) is 6.08. The highest BCUT2D eigenvalue weighted by Gasteiger charge is 2.19. The van der Waals surface area contributed by atoms with Gasteiger partial charge in [0.1, 0.15) is 12.1 Å². The van der Waals surface area contributed by atoms with Gasteiger partial charge in [-0.05, 0) is 25.7 Å². The molecule has 1 unspecified atom stereocenters. The number of rotatable bonds is 3. The molecule has 1 atom stereocenters. The second-order valence-corrected chi connectivity index (χ2v) is 4.61. The van der Waals surface area contributed by atoms with Crippen LogP contribution in [-0.2, 0) is 17.6 Å². The van der Waals surface area contributed by atoms with Crippen LogP contribution >= 0.6 is 0 Å². The van der Waals surface area contributed by atoms with E-state index in [0.29, 0.717) is 5.92 Å². The van der Waals surface area contributed by atoms with Gasteiger partial charge in [-0.3, -0.25) is 0 Å². The smallest absolute Gasteiger partial charge is 0.132 e. The Kier molecular flexibility index (Phi) is 2.74. The normalized spacial score (nSPS) is 23.4. The molecule has 1 fully saturated rings. The van der Waals surface area contributed by atoms with Crippen LogP contribution in [0.15, 0.2) is 6.33 Å². The molecule has 0 saturated carbocycles. The number of anilines is 1. The van der Waals surface area contributed by atoms with E-state index in [0.717, 1.165) is 38.4 Å². The summed E-state index contributed by atoms with van der Waals surface area (Å²) < 4.78 is 5.37. The maximum absolute atomic E-state index is 5.37. The van der Waals surface area contributed by atoms with E-state index in [1.165, 1.54) is 24.1 Å². The highest BCUT2D eigenvalue weighted by Crippen LogP contribution is 2.25. The zero-order valence-electron chi connectivity index (χ0n) is 9.41. The molecule has 0 aromatic carbocycles. The minimum absolute atomic E-state index is 0.645. The molecule has 1 saturated heterocycles. The number of aryl methyl sites for hydroxylation is 1. The van der Waals surface area contributed by atoms with Crippen LogP contribution in [0.25, 0.3) is 0 Å². The quantitative estimate of drug-likeness (QED) is 0.835. The molecule has 1 aromatic rings. The number of fused-ring (bicyclic) bond motifs is 1. The molecule has 0 radical (unpaired) electrons. The third-order valence-corrected chi connectivity index (χ3v) is 3.46. The monoisotopic (exact) mass is 219 g/mol. The molecule has 3 rings (SSSR count). The standard InChI is InChI=1S/C12H17N3O/c1-2-10-11(3-1)14-8-15-12(10)13-6-9-4-5-16-7-9/h8-9H,1-7H2,(H,13,14,15). The minimum Gasteiger partial charge on any atom is -0.381 e. The average molecular weight is 219 g/mol. The van der Waals surface area contributed by atoms with Gasteiger partial charge in [-0.2, -0.15) is 0 Å². The van der Waals surface area contributed by atoms with Crippen molar-refractivity contribution >= 4 is 5.82 Å². The van der Waals surface area contributed by atoms with Gasteiger partial charge in [-0.25, -0.2) is 9.97 Å². The zero-order chi connectivity index (χ0) is 10.8. The van der Waals surface area contributed by atoms with Gasteiger partial charge in [0.05, 0.1) is 6.61 Å². The fraction of sp³-hybridized carbons (Fsp3) is 0.667. The second-order valence-electron chi connectivity index (χ2n) is 4.61. The van der Waals surface area contributed by atoms with Crippen molar-refractivity contribution in [2.75, 3.05) is 25.1 Å². The van der Waals surface area contributed by atoms with Crippen molar-refractivity contribution in [2.24, 2.45) is 5.92 Å². The van der Waals surface area contributed by atoms with Gasteiger partial charge >= 0.3 is 0 Å². The van der Waals surface area contributed by atoms with Crippen LogP contribution in [-0.4, -0.2) is 29.7 Å². The fourth-order valence-corrected chi connectivity index (χ4v) is 2.50. The maximum atomic E-state index is 5.37. The fourth-order valence-electron chi connectivity index (χ4n) is 2.50. The molecule has 2 heterocycles. The molecule has 0 bridgehead atoms. The molecule has 1 aliphatic carbocycles. The summed E-state index contributed by atoms with van der Waals surface area (Å²) in [5.41, 5.74) is 2.57. The van der Waals surface area contributed by atoms with E-state index in [4.69, 9.17) is 4.74 Å². The first kappa shape index (κ1) is 10.0. The molecule has 0 spiro atoms. The Morgan fingerprint density at radius 1 is 1.38 bits per heavy atom. The van der Waals surface area contributed by atoms with E-state index in [-0.39, 0.29) is 0 Å². The Morgan fingerprint density at radius 3 is 3.25 bits per heavy atom. The highest BCUT2D eigenvalue weighted by molar-refractivity contribution is 5.47. The van der Waals surface area contributed by atoms with E-state index < -0.39 is 0 Å². The first-order valence-electron chi connectivity index (χ1n) is 6.08. The third kappa shape index (κ3) is 1.89. The lowest BCUT2D eigenvalue weighted by atomic mass is 10.1. The predicted molar refractivity (Wildman–Crippen MR) is 61.5 cm³/mol. The molecule has 16 heavy (non-hydrogen) atoms. The molecule has 0 amide bonds. The lowest BCUT2D eigenvalue weighted by molar-refractivity contribution is 0.187. The third-order valence-electron chi connectivity index (χ3n) is 3.46. The van der Waals surface area contributed by atoms with Crippen LogP contribution in [0.2, 0.25) is 0 Å². The molecule has 2 aliphatic rings. The van der Waals surface area contributed by atoms with Gasteiger partial charge in [0, 0.05) is 30.3 Å². The zero-order valence-corrected chi connectivity index (χ0v) is 9.41. The molecule has 86 valence electrons. The van der Waals surface area contributed by atoms with E-state index in [1.54, 1.807) is 6.33 Å². The van der Waals surface area contributed by atoms with Crippen molar-refractivity contribution < 1.29 is 4.74 Å². The van der Waals surface area contributed by atoms with Gasteiger partial charge in [0.2, 0.25) is 0 Å². The van der Waals surface area contributed by atoms with Crippen LogP contribution in [0.1, 0.15) is 24.1 Å². The van der Waals surface area contributed by atoms with Crippen LogP contribution < -0.4 is 5.32 Å². The SMILES string of the molecule is c1nc2c(c(NCC3CCOC3)n1)CCC2. The van der Waals surface area contributed by atoms with Gasteiger partial charge in [-0.15, -0.1) is 0 Å². The minimum atomic E-state index is 0.645. The van der Waals surface area contributed by atoms with E-state index >= 15 is 0 Å². The number of aromatic nitrogens is 2. The van der Waals surface area contributed by atoms with E-state index in [9.17, 15) is 0 Å². The molecule has 1 aromatic heterocycles. The van der Waals surface area contributed by atoms with Crippen molar-refractivity contribution in [3.05, 3.63) is 17.6 Å². The second kappa shape index (κ2) is 4.37. The molecule has 1 aliphatic heterocycles. The van der Waals surface area contributed by atoms with Gasteiger partial charge < -0.3 is 10.1 Å². The topological polar surface area (TPSA) is 47.0 Å².